The van der Waals surface area contributed by atoms with Gasteiger partial charge in [0.1, 0.15) is 5.82 Å². The third-order valence-corrected chi connectivity index (χ3v) is 4.94. The molecule has 0 aliphatic rings. The van der Waals surface area contributed by atoms with Gasteiger partial charge in [-0.3, -0.25) is 4.79 Å². The summed E-state index contributed by atoms with van der Waals surface area (Å²) in [6.07, 6.45) is 3.59. The molecule has 1 amide bonds. The fourth-order valence-corrected chi connectivity index (χ4v) is 3.25. The van der Waals surface area contributed by atoms with E-state index in [-0.39, 0.29) is 11.3 Å². The van der Waals surface area contributed by atoms with E-state index in [2.05, 4.69) is 30.7 Å². The van der Waals surface area contributed by atoms with Crippen molar-refractivity contribution in [1.82, 2.24) is 19.9 Å². The standard InChI is InChI=1S/C23H28N4O/c1-7-27(8-2)21(28)18-12-19(26-20-15(3)10-9-11-17(18)20)16-13-24-22(25-14-16)23(4,5)6/h9-14H,7-8H2,1-6H3. The van der Waals surface area contributed by atoms with E-state index >= 15 is 0 Å². The van der Waals surface area contributed by atoms with Crippen LogP contribution in [0.15, 0.2) is 36.7 Å². The lowest BCUT2D eigenvalue weighted by Crippen LogP contribution is -2.30. The number of carbonyl (C=O) groups is 1. The molecule has 5 heteroatoms. The Hall–Kier alpha value is -2.82. The van der Waals surface area contributed by atoms with E-state index in [0.717, 1.165) is 33.5 Å². The van der Waals surface area contributed by atoms with E-state index < -0.39 is 0 Å². The van der Waals surface area contributed by atoms with Gasteiger partial charge in [-0.15, -0.1) is 0 Å². The molecule has 0 atom stereocenters. The number of hydrogen-bond acceptors (Lipinski definition) is 4. The average molecular weight is 377 g/mol. The summed E-state index contributed by atoms with van der Waals surface area (Å²) < 4.78 is 0. The number of amides is 1. The van der Waals surface area contributed by atoms with Crippen molar-refractivity contribution in [3.63, 3.8) is 0 Å². The van der Waals surface area contributed by atoms with Crippen LogP contribution in [0.2, 0.25) is 0 Å². The fraction of sp³-hybridized carbons (Fsp3) is 0.391. The molecule has 0 saturated heterocycles. The number of fused-ring (bicyclic) bond motifs is 1. The van der Waals surface area contributed by atoms with Gasteiger partial charge in [-0.2, -0.15) is 0 Å². The summed E-state index contributed by atoms with van der Waals surface area (Å²) >= 11 is 0. The molecule has 0 radical (unpaired) electrons. The van der Waals surface area contributed by atoms with Gasteiger partial charge >= 0.3 is 0 Å². The second kappa shape index (κ2) is 7.66. The van der Waals surface area contributed by atoms with Crippen molar-refractivity contribution < 1.29 is 4.79 Å². The lowest BCUT2D eigenvalue weighted by Gasteiger charge is -2.20. The maximum absolute atomic E-state index is 13.2. The molecule has 0 spiro atoms. The van der Waals surface area contributed by atoms with Crippen molar-refractivity contribution in [2.24, 2.45) is 0 Å². The number of benzene rings is 1. The van der Waals surface area contributed by atoms with Gasteiger partial charge in [-0.05, 0) is 32.4 Å². The summed E-state index contributed by atoms with van der Waals surface area (Å²) in [5, 5.41) is 0.882. The molecule has 1 aromatic carbocycles. The zero-order valence-electron chi connectivity index (χ0n) is 17.6. The lowest BCUT2D eigenvalue weighted by molar-refractivity contribution is 0.0775. The summed E-state index contributed by atoms with van der Waals surface area (Å²) in [6, 6.07) is 7.83. The van der Waals surface area contributed by atoms with Gasteiger partial charge in [0, 0.05) is 41.8 Å². The van der Waals surface area contributed by atoms with Gasteiger partial charge in [0.05, 0.1) is 16.8 Å². The molecule has 2 heterocycles. The Morgan fingerprint density at radius 2 is 1.71 bits per heavy atom. The Morgan fingerprint density at radius 1 is 1.07 bits per heavy atom. The van der Waals surface area contributed by atoms with E-state index in [1.165, 1.54) is 0 Å². The minimum atomic E-state index is -0.115. The molecule has 146 valence electrons. The van der Waals surface area contributed by atoms with Crippen LogP contribution in [-0.4, -0.2) is 38.8 Å². The van der Waals surface area contributed by atoms with Crippen LogP contribution in [0.3, 0.4) is 0 Å². The van der Waals surface area contributed by atoms with Crippen LogP contribution in [0.4, 0.5) is 0 Å². The van der Waals surface area contributed by atoms with E-state index in [0.29, 0.717) is 18.7 Å². The Kier molecular flexibility index (Phi) is 5.45. The Labute approximate surface area is 166 Å². The Balaban J connectivity index is 2.19. The number of carbonyl (C=O) groups excluding carboxylic acids is 1. The van der Waals surface area contributed by atoms with Gasteiger partial charge in [0.25, 0.3) is 5.91 Å². The van der Waals surface area contributed by atoms with Gasteiger partial charge < -0.3 is 4.90 Å². The molecular weight excluding hydrogens is 348 g/mol. The smallest absolute Gasteiger partial charge is 0.254 e. The third-order valence-electron chi connectivity index (χ3n) is 4.94. The quantitative estimate of drug-likeness (QED) is 0.657. The normalized spacial score (nSPS) is 11.6. The van der Waals surface area contributed by atoms with Crippen molar-refractivity contribution in [2.45, 2.75) is 47.0 Å². The molecular formula is C23H28N4O. The first kappa shape index (κ1) is 19.9. The first-order valence-corrected chi connectivity index (χ1v) is 9.78. The monoisotopic (exact) mass is 376 g/mol. The minimum Gasteiger partial charge on any atom is -0.339 e. The fourth-order valence-electron chi connectivity index (χ4n) is 3.25. The number of hydrogen-bond donors (Lipinski definition) is 0. The van der Waals surface area contributed by atoms with Crippen LogP contribution in [0.5, 0.6) is 0 Å². The topological polar surface area (TPSA) is 59.0 Å². The Bertz CT molecular complexity index is 1000. The first-order chi connectivity index (χ1) is 13.3. The second-order valence-electron chi connectivity index (χ2n) is 8.05. The van der Waals surface area contributed by atoms with E-state index in [4.69, 9.17) is 4.98 Å². The predicted octanol–water partition coefficient (Wildman–Crippen LogP) is 4.78. The summed E-state index contributed by atoms with van der Waals surface area (Å²) in [5.41, 5.74) is 3.97. The van der Waals surface area contributed by atoms with Crippen LogP contribution in [0, 0.1) is 6.92 Å². The van der Waals surface area contributed by atoms with Crippen molar-refractivity contribution >= 4 is 16.8 Å². The molecule has 0 saturated carbocycles. The molecule has 3 aromatic rings. The average Bonchev–Trinajstić information content (AvgIpc) is 2.68. The highest BCUT2D eigenvalue weighted by atomic mass is 16.2. The second-order valence-corrected chi connectivity index (χ2v) is 8.05. The van der Waals surface area contributed by atoms with Crippen LogP contribution in [0.1, 0.15) is 56.4 Å². The van der Waals surface area contributed by atoms with Crippen LogP contribution < -0.4 is 0 Å². The van der Waals surface area contributed by atoms with E-state index in [1.54, 1.807) is 12.4 Å². The number of aromatic nitrogens is 3. The highest BCUT2D eigenvalue weighted by molar-refractivity contribution is 6.07. The van der Waals surface area contributed by atoms with E-state index in [1.807, 2.05) is 49.9 Å². The maximum atomic E-state index is 13.2. The number of rotatable bonds is 4. The van der Waals surface area contributed by atoms with Gasteiger partial charge in [-0.25, -0.2) is 15.0 Å². The largest absolute Gasteiger partial charge is 0.339 e. The minimum absolute atomic E-state index is 0.0245. The summed E-state index contributed by atoms with van der Waals surface area (Å²) in [7, 11) is 0. The van der Waals surface area contributed by atoms with Crippen LogP contribution in [0.25, 0.3) is 22.2 Å². The van der Waals surface area contributed by atoms with Crippen LogP contribution >= 0.6 is 0 Å². The molecule has 0 unspecified atom stereocenters. The van der Waals surface area contributed by atoms with Crippen molar-refractivity contribution in [2.75, 3.05) is 13.1 Å². The molecule has 0 N–H and O–H groups in total. The number of nitrogens with zero attached hydrogens (tertiary/aromatic N) is 4. The van der Waals surface area contributed by atoms with Crippen molar-refractivity contribution in [3.05, 3.63) is 53.6 Å². The maximum Gasteiger partial charge on any atom is 0.254 e. The van der Waals surface area contributed by atoms with Gasteiger partial charge in [0.2, 0.25) is 0 Å². The molecule has 0 bridgehead atoms. The van der Waals surface area contributed by atoms with E-state index in [9.17, 15) is 4.79 Å². The van der Waals surface area contributed by atoms with Gasteiger partial charge in [-0.1, -0.05) is 39.0 Å². The molecule has 28 heavy (non-hydrogen) atoms. The van der Waals surface area contributed by atoms with Gasteiger partial charge in [0.15, 0.2) is 0 Å². The van der Waals surface area contributed by atoms with Crippen molar-refractivity contribution in [1.29, 1.82) is 0 Å². The SMILES string of the molecule is CCN(CC)C(=O)c1cc(-c2cnc(C(C)(C)C)nc2)nc2c(C)cccc12. The highest BCUT2D eigenvalue weighted by Gasteiger charge is 2.20. The molecule has 3 rings (SSSR count). The summed E-state index contributed by atoms with van der Waals surface area (Å²) in [5.74, 6) is 0.809. The molecule has 0 fully saturated rings. The Morgan fingerprint density at radius 3 is 2.29 bits per heavy atom. The highest BCUT2D eigenvalue weighted by Crippen LogP contribution is 2.28. The number of aryl methyl sites for hydroxylation is 1. The third kappa shape index (κ3) is 3.75. The van der Waals surface area contributed by atoms with Crippen LogP contribution in [-0.2, 0) is 5.41 Å². The first-order valence-electron chi connectivity index (χ1n) is 9.78. The summed E-state index contributed by atoms with van der Waals surface area (Å²) in [4.78, 5) is 28.9. The lowest BCUT2D eigenvalue weighted by atomic mass is 9.95. The number of para-hydroxylation sites is 1. The number of pyridine rings is 1. The zero-order valence-corrected chi connectivity index (χ0v) is 17.6. The molecule has 0 aliphatic heterocycles. The predicted molar refractivity (Wildman–Crippen MR) is 113 cm³/mol. The molecule has 2 aromatic heterocycles. The van der Waals surface area contributed by atoms with Crippen molar-refractivity contribution in [3.8, 4) is 11.3 Å². The summed E-state index contributed by atoms with van der Waals surface area (Å²) in [6.45, 7) is 13.6. The molecule has 5 nitrogen and oxygen atoms in total. The zero-order chi connectivity index (χ0) is 20.5. The molecule has 0 aliphatic carbocycles.